The maximum Gasteiger partial charge on any atom is 0.287 e. The standard InChI is InChI=1S/C16H19NO4S/c1-12-4-3-5-14(10-12)22(19)11-13-6-7-15(21-13)16(18)17-8-9-20-2/h3-7,10H,8-9,11H2,1-2H3,(H,17,18)/t22-/m0/s1. The first-order valence-corrected chi connectivity index (χ1v) is 8.23. The van der Waals surface area contributed by atoms with Gasteiger partial charge in [-0.2, -0.15) is 0 Å². The molecule has 0 bridgehead atoms. The molecule has 2 aromatic rings. The molecule has 0 radical (unpaired) electrons. The average molecular weight is 321 g/mol. The highest BCUT2D eigenvalue weighted by molar-refractivity contribution is 7.84. The number of ether oxygens (including phenoxy) is 1. The molecule has 22 heavy (non-hydrogen) atoms. The Bertz CT molecular complexity index is 666. The molecule has 1 aromatic carbocycles. The molecule has 0 aliphatic heterocycles. The van der Waals surface area contributed by atoms with Crippen LogP contribution in [0.5, 0.6) is 0 Å². The van der Waals surface area contributed by atoms with Crippen LogP contribution in [0.4, 0.5) is 0 Å². The number of furan rings is 1. The summed E-state index contributed by atoms with van der Waals surface area (Å²) in [6, 6.07) is 10.8. The normalized spacial score (nSPS) is 12.1. The van der Waals surface area contributed by atoms with Crippen LogP contribution in [0.1, 0.15) is 21.9 Å². The second-order valence-corrected chi connectivity index (χ2v) is 6.27. The molecule has 1 N–H and O–H groups in total. The van der Waals surface area contributed by atoms with E-state index in [4.69, 9.17) is 9.15 Å². The third-order valence-corrected chi connectivity index (χ3v) is 4.33. The van der Waals surface area contributed by atoms with Crippen LogP contribution in [0.15, 0.2) is 45.7 Å². The highest BCUT2D eigenvalue weighted by Gasteiger charge is 2.13. The van der Waals surface area contributed by atoms with Crippen molar-refractivity contribution in [3.05, 3.63) is 53.5 Å². The summed E-state index contributed by atoms with van der Waals surface area (Å²) >= 11 is 0. The SMILES string of the molecule is COCCNC(=O)c1ccc(C[S@](=O)c2cccc(C)c2)o1. The van der Waals surface area contributed by atoms with E-state index in [1.165, 1.54) is 0 Å². The minimum absolute atomic E-state index is 0.215. The first-order valence-electron chi connectivity index (χ1n) is 6.91. The van der Waals surface area contributed by atoms with Crippen LogP contribution >= 0.6 is 0 Å². The van der Waals surface area contributed by atoms with Gasteiger partial charge in [-0.25, -0.2) is 0 Å². The van der Waals surface area contributed by atoms with Gasteiger partial charge < -0.3 is 14.5 Å². The smallest absolute Gasteiger partial charge is 0.287 e. The quantitative estimate of drug-likeness (QED) is 0.794. The lowest BCUT2D eigenvalue weighted by Crippen LogP contribution is -2.26. The van der Waals surface area contributed by atoms with Gasteiger partial charge in [0.1, 0.15) is 5.76 Å². The molecule has 2 rings (SSSR count). The molecule has 0 saturated carbocycles. The maximum atomic E-state index is 12.3. The van der Waals surface area contributed by atoms with Crippen LogP contribution in [0, 0.1) is 6.92 Å². The monoisotopic (exact) mass is 321 g/mol. The summed E-state index contributed by atoms with van der Waals surface area (Å²) in [5.41, 5.74) is 1.06. The number of nitrogens with one attached hydrogen (secondary N) is 1. The Hall–Kier alpha value is -1.92. The summed E-state index contributed by atoms with van der Waals surface area (Å²) in [6.45, 7) is 2.81. The predicted molar refractivity (Wildman–Crippen MR) is 84.2 cm³/mol. The Morgan fingerprint density at radius 2 is 2.14 bits per heavy atom. The van der Waals surface area contributed by atoms with Crippen LogP contribution < -0.4 is 5.32 Å². The molecular weight excluding hydrogens is 302 g/mol. The van der Waals surface area contributed by atoms with Crippen LogP contribution in [-0.4, -0.2) is 30.4 Å². The fraction of sp³-hybridized carbons (Fsp3) is 0.312. The van der Waals surface area contributed by atoms with Gasteiger partial charge in [-0.15, -0.1) is 0 Å². The zero-order valence-corrected chi connectivity index (χ0v) is 13.4. The molecule has 6 heteroatoms. The van der Waals surface area contributed by atoms with E-state index in [1.54, 1.807) is 19.2 Å². The van der Waals surface area contributed by atoms with Crippen LogP contribution in [0.3, 0.4) is 0 Å². The topological polar surface area (TPSA) is 68.5 Å². The Morgan fingerprint density at radius 1 is 1.32 bits per heavy atom. The number of methoxy groups -OCH3 is 1. The van der Waals surface area contributed by atoms with Crippen molar-refractivity contribution in [2.24, 2.45) is 0 Å². The number of amides is 1. The number of hydrogen-bond donors (Lipinski definition) is 1. The van der Waals surface area contributed by atoms with Gasteiger partial charge in [0.25, 0.3) is 5.91 Å². The second kappa shape index (κ2) is 7.91. The van der Waals surface area contributed by atoms with E-state index in [0.717, 1.165) is 10.5 Å². The van der Waals surface area contributed by atoms with Crippen LogP contribution in [0.2, 0.25) is 0 Å². The van der Waals surface area contributed by atoms with E-state index in [-0.39, 0.29) is 17.4 Å². The molecule has 1 aromatic heterocycles. The van der Waals surface area contributed by atoms with Gasteiger partial charge in [-0.1, -0.05) is 12.1 Å². The van der Waals surface area contributed by atoms with Crippen LogP contribution in [-0.2, 0) is 21.3 Å². The van der Waals surface area contributed by atoms with E-state index < -0.39 is 10.8 Å². The summed E-state index contributed by atoms with van der Waals surface area (Å²) in [5, 5.41) is 2.67. The van der Waals surface area contributed by atoms with Crippen molar-refractivity contribution in [3.63, 3.8) is 0 Å². The molecule has 0 aliphatic rings. The molecule has 118 valence electrons. The molecule has 0 unspecified atom stereocenters. The molecular formula is C16H19NO4S. The fourth-order valence-electron chi connectivity index (χ4n) is 1.90. The molecule has 1 atom stereocenters. The summed E-state index contributed by atoms with van der Waals surface area (Å²) in [4.78, 5) is 12.5. The number of hydrogen-bond acceptors (Lipinski definition) is 4. The Labute approximate surface area is 132 Å². The number of rotatable bonds is 7. The second-order valence-electron chi connectivity index (χ2n) is 4.82. The zero-order valence-electron chi connectivity index (χ0n) is 12.6. The van der Waals surface area contributed by atoms with Crippen molar-refractivity contribution in [2.75, 3.05) is 20.3 Å². The lowest BCUT2D eigenvalue weighted by molar-refractivity contribution is 0.0908. The summed E-state index contributed by atoms with van der Waals surface area (Å²) < 4.78 is 22.6. The molecule has 1 amide bonds. The minimum atomic E-state index is -1.20. The molecule has 5 nitrogen and oxygen atoms in total. The Morgan fingerprint density at radius 3 is 2.86 bits per heavy atom. The zero-order chi connectivity index (χ0) is 15.9. The molecule has 0 fully saturated rings. The average Bonchev–Trinajstić information content (AvgIpc) is 2.96. The van der Waals surface area contributed by atoms with Gasteiger partial charge in [0.05, 0.1) is 23.2 Å². The molecule has 1 heterocycles. The van der Waals surface area contributed by atoms with Crippen molar-refractivity contribution in [3.8, 4) is 0 Å². The van der Waals surface area contributed by atoms with E-state index in [9.17, 15) is 9.00 Å². The Balaban J connectivity index is 1.97. The summed E-state index contributed by atoms with van der Waals surface area (Å²) in [6.07, 6.45) is 0. The summed E-state index contributed by atoms with van der Waals surface area (Å²) in [5.74, 6) is 0.683. The van der Waals surface area contributed by atoms with Crippen molar-refractivity contribution in [1.82, 2.24) is 5.32 Å². The van der Waals surface area contributed by atoms with Gasteiger partial charge in [-0.05, 0) is 36.8 Å². The van der Waals surface area contributed by atoms with E-state index in [1.807, 2.05) is 31.2 Å². The number of benzene rings is 1. The highest BCUT2D eigenvalue weighted by atomic mass is 32.2. The highest BCUT2D eigenvalue weighted by Crippen LogP contribution is 2.16. The van der Waals surface area contributed by atoms with Gasteiger partial charge in [0.2, 0.25) is 0 Å². The van der Waals surface area contributed by atoms with E-state index >= 15 is 0 Å². The molecule has 0 saturated heterocycles. The minimum Gasteiger partial charge on any atom is -0.455 e. The first-order chi connectivity index (χ1) is 10.6. The lowest BCUT2D eigenvalue weighted by atomic mass is 10.2. The van der Waals surface area contributed by atoms with Gasteiger partial charge >= 0.3 is 0 Å². The predicted octanol–water partition coefficient (Wildman–Crippen LogP) is 2.27. The number of carbonyl (C=O) groups excluding carboxylic acids is 1. The lowest BCUT2D eigenvalue weighted by Gasteiger charge is -2.02. The van der Waals surface area contributed by atoms with E-state index in [0.29, 0.717) is 18.9 Å². The van der Waals surface area contributed by atoms with E-state index in [2.05, 4.69) is 5.32 Å². The fourth-order valence-corrected chi connectivity index (χ4v) is 3.03. The largest absolute Gasteiger partial charge is 0.455 e. The third kappa shape index (κ3) is 4.54. The van der Waals surface area contributed by atoms with Gasteiger partial charge in [0, 0.05) is 18.6 Å². The van der Waals surface area contributed by atoms with Gasteiger partial charge in [0.15, 0.2) is 5.76 Å². The van der Waals surface area contributed by atoms with Crippen molar-refractivity contribution >= 4 is 16.7 Å². The molecule has 0 spiro atoms. The van der Waals surface area contributed by atoms with Gasteiger partial charge in [-0.3, -0.25) is 9.00 Å². The van der Waals surface area contributed by atoms with Crippen molar-refractivity contribution < 1.29 is 18.2 Å². The van der Waals surface area contributed by atoms with Crippen LogP contribution in [0.25, 0.3) is 0 Å². The number of aryl methyl sites for hydroxylation is 1. The maximum absolute atomic E-state index is 12.3. The van der Waals surface area contributed by atoms with Crippen molar-refractivity contribution in [2.45, 2.75) is 17.6 Å². The summed E-state index contributed by atoms with van der Waals surface area (Å²) in [7, 11) is 0.370. The first kappa shape index (κ1) is 16.5. The number of carbonyl (C=O) groups is 1. The van der Waals surface area contributed by atoms with Crippen molar-refractivity contribution in [1.29, 1.82) is 0 Å². The third-order valence-electron chi connectivity index (χ3n) is 3.00. The molecule has 0 aliphatic carbocycles. The Kier molecular flexibility index (Phi) is 5.91.